The first-order chi connectivity index (χ1) is 9.08. The predicted octanol–water partition coefficient (Wildman–Crippen LogP) is 2.08. The Bertz CT molecular complexity index is 611. The molecule has 0 saturated heterocycles. The first kappa shape index (κ1) is 13.0. The summed E-state index contributed by atoms with van der Waals surface area (Å²) >= 11 is 0. The summed E-state index contributed by atoms with van der Waals surface area (Å²) in [6.07, 6.45) is 0.542. The molecule has 0 aliphatic heterocycles. The quantitative estimate of drug-likeness (QED) is 0.909. The topological polar surface area (TPSA) is 72.3 Å². The lowest BCUT2D eigenvalue weighted by Crippen LogP contribution is -2.08. The fraction of sp³-hybridized carbons (Fsp3) is 0.214. The number of benzene rings is 1. The smallest absolute Gasteiger partial charge is 0.374 e. The molecule has 0 amide bonds. The van der Waals surface area contributed by atoms with Gasteiger partial charge < -0.3 is 9.84 Å². The molecule has 0 bridgehead atoms. The Labute approximate surface area is 110 Å². The number of methoxy groups -OCH3 is 1. The normalized spacial score (nSPS) is 10.2. The van der Waals surface area contributed by atoms with Crippen LogP contribution in [0.2, 0.25) is 0 Å². The van der Waals surface area contributed by atoms with Gasteiger partial charge in [-0.25, -0.2) is 9.78 Å². The van der Waals surface area contributed by atoms with Crippen molar-refractivity contribution in [3.8, 4) is 5.88 Å². The third-order valence-electron chi connectivity index (χ3n) is 2.62. The average Bonchev–Trinajstić information content (AvgIpc) is 2.38. The summed E-state index contributed by atoms with van der Waals surface area (Å²) in [6, 6.07) is 9.62. The van der Waals surface area contributed by atoms with Crippen LogP contribution in [0.3, 0.4) is 0 Å². The van der Waals surface area contributed by atoms with E-state index in [1.165, 1.54) is 7.11 Å². The molecule has 0 radical (unpaired) electrons. The maximum atomic E-state index is 10.9. The second kappa shape index (κ2) is 5.48. The summed E-state index contributed by atoms with van der Waals surface area (Å²) in [7, 11) is 1.45. The fourth-order valence-corrected chi connectivity index (χ4v) is 1.79. The zero-order valence-corrected chi connectivity index (χ0v) is 10.8. The minimum Gasteiger partial charge on any atom is -0.481 e. The third-order valence-corrected chi connectivity index (χ3v) is 2.62. The summed E-state index contributed by atoms with van der Waals surface area (Å²) in [5.41, 5.74) is 2.84. The van der Waals surface area contributed by atoms with Crippen LogP contribution < -0.4 is 4.74 Å². The van der Waals surface area contributed by atoms with E-state index in [4.69, 9.17) is 9.84 Å². The first-order valence-electron chi connectivity index (χ1n) is 5.79. The lowest BCUT2D eigenvalue weighted by Gasteiger charge is -2.06. The maximum Gasteiger partial charge on any atom is 0.374 e. The molecule has 5 heteroatoms. The van der Waals surface area contributed by atoms with Crippen LogP contribution in [-0.2, 0) is 6.42 Å². The van der Waals surface area contributed by atoms with Gasteiger partial charge in [0.25, 0.3) is 0 Å². The Balaban J connectivity index is 2.34. The zero-order valence-electron chi connectivity index (χ0n) is 10.8. The molecule has 0 atom stereocenters. The van der Waals surface area contributed by atoms with Crippen LogP contribution in [-0.4, -0.2) is 28.2 Å². The molecule has 0 fully saturated rings. The summed E-state index contributed by atoms with van der Waals surface area (Å²) in [6.45, 7) is 2.01. The molecule has 0 spiro atoms. The standard InChI is InChI=1S/C14H14N2O3/c1-9-4-3-5-10(6-9)7-11-8-12(19-2)16-13(15-11)14(17)18/h3-6,8H,7H2,1-2H3,(H,17,18). The molecule has 0 aliphatic carbocycles. The number of carboxylic acids is 1. The van der Waals surface area contributed by atoms with Crippen LogP contribution >= 0.6 is 0 Å². The number of carbonyl (C=O) groups is 1. The highest BCUT2D eigenvalue weighted by molar-refractivity contribution is 5.83. The number of ether oxygens (including phenoxy) is 1. The molecule has 19 heavy (non-hydrogen) atoms. The second-order valence-electron chi connectivity index (χ2n) is 4.20. The summed E-state index contributed by atoms with van der Waals surface area (Å²) in [5, 5.41) is 8.96. The minimum absolute atomic E-state index is 0.248. The maximum absolute atomic E-state index is 10.9. The Hall–Kier alpha value is -2.43. The van der Waals surface area contributed by atoms with Crippen LogP contribution in [0.5, 0.6) is 5.88 Å². The number of aromatic nitrogens is 2. The van der Waals surface area contributed by atoms with Crippen molar-refractivity contribution in [2.75, 3.05) is 7.11 Å². The Morgan fingerprint density at radius 1 is 1.32 bits per heavy atom. The monoisotopic (exact) mass is 258 g/mol. The molecule has 1 aromatic carbocycles. The molecule has 98 valence electrons. The molecular weight excluding hydrogens is 244 g/mol. The Morgan fingerprint density at radius 2 is 2.11 bits per heavy atom. The van der Waals surface area contributed by atoms with Gasteiger partial charge in [0, 0.05) is 12.5 Å². The SMILES string of the molecule is COc1cc(Cc2cccc(C)c2)nc(C(=O)O)n1. The van der Waals surface area contributed by atoms with Gasteiger partial charge in [-0.1, -0.05) is 29.8 Å². The van der Waals surface area contributed by atoms with Crippen LogP contribution in [0.1, 0.15) is 27.4 Å². The number of aromatic carboxylic acids is 1. The minimum atomic E-state index is -1.16. The summed E-state index contributed by atoms with van der Waals surface area (Å²) < 4.78 is 4.99. The van der Waals surface area contributed by atoms with Gasteiger partial charge in [0.15, 0.2) is 0 Å². The average molecular weight is 258 g/mol. The highest BCUT2D eigenvalue weighted by atomic mass is 16.5. The van der Waals surface area contributed by atoms with Gasteiger partial charge in [-0.15, -0.1) is 0 Å². The van der Waals surface area contributed by atoms with Crippen molar-refractivity contribution in [1.82, 2.24) is 9.97 Å². The van der Waals surface area contributed by atoms with Crippen molar-refractivity contribution in [2.45, 2.75) is 13.3 Å². The van der Waals surface area contributed by atoms with Crippen molar-refractivity contribution < 1.29 is 14.6 Å². The van der Waals surface area contributed by atoms with E-state index < -0.39 is 5.97 Å². The summed E-state index contributed by atoms with van der Waals surface area (Å²) in [4.78, 5) is 18.7. The number of rotatable bonds is 4. The second-order valence-corrected chi connectivity index (χ2v) is 4.20. The van der Waals surface area contributed by atoms with Crippen molar-refractivity contribution in [3.63, 3.8) is 0 Å². The Kier molecular flexibility index (Phi) is 3.75. The lowest BCUT2D eigenvalue weighted by atomic mass is 10.1. The number of nitrogens with zero attached hydrogens (tertiary/aromatic N) is 2. The van der Waals surface area contributed by atoms with Gasteiger partial charge in [0.1, 0.15) is 0 Å². The number of carboxylic acid groups (broad SMARTS) is 1. The van der Waals surface area contributed by atoms with E-state index >= 15 is 0 Å². The number of hydrogen-bond acceptors (Lipinski definition) is 4. The zero-order chi connectivity index (χ0) is 13.8. The van der Waals surface area contributed by atoms with Crippen LogP contribution in [0.25, 0.3) is 0 Å². The Morgan fingerprint density at radius 3 is 2.74 bits per heavy atom. The van der Waals surface area contributed by atoms with Gasteiger partial charge in [-0.05, 0) is 12.5 Å². The molecule has 5 nitrogen and oxygen atoms in total. The van der Waals surface area contributed by atoms with Gasteiger partial charge >= 0.3 is 5.97 Å². The van der Waals surface area contributed by atoms with Crippen molar-refractivity contribution in [3.05, 3.63) is 53.0 Å². The number of hydrogen-bond donors (Lipinski definition) is 1. The van der Waals surface area contributed by atoms with E-state index in [-0.39, 0.29) is 11.7 Å². The highest BCUT2D eigenvalue weighted by Gasteiger charge is 2.11. The van der Waals surface area contributed by atoms with Crippen LogP contribution in [0.4, 0.5) is 0 Å². The van der Waals surface area contributed by atoms with E-state index in [0.29, 0.717) is 12.1 Å². The van der Waals surface area contributed by atoms with Crippen LogP contribution in [0, 0.1) is 6.92 Å². The largest absolute Gasteiger partial charge is 0.481 e. The molecule has 1 heterocycles. The molecule has 2 rings (SSSR count). The van der Waals surface area contributed by atoms with Gasteiger partial charge in [0.05, 0.1) is 12.8 Å². The van der Waals surface area contributed by atoms with Crippen molar-refractivity contribution in [2.24, 2.45) is 0 Å². The number of aryl methyl sites for hydroxylation is 1. The first-order valence-corrected chi connectivity index (χ1v) is 5.79. The van der Waals surface area contributed by atoms with Gasteiger partial charge in [-0.2, -0.15) is 4.98 Å². The molecule has 0 unspecified atom stereocenters. The molecule has 1 aromatic heterocycles. The van der Waals surface area contributed by atoms with E-state index in [1.807, 2.05) is 31.2 Å². The van der Waals surface area contributed by atoms with Gasteiger partial charge in [0.2, 0.25) is 11.7 Å². The van der Waals surface area contributed by atoms with E-state index in [2.05, 4.69) is 9.97 Å². The van der Waals surface area contributed by atoms with E-state index in [1.54, 1.807) is 6.07 Å². The van der Waals surface area contributed by atoms with E-state index in [9.17, 15) is 4.79 Å². The molecule has 1 N–H and O–H groups in total. The molecule has 0 saturated carbocycles. The molecular formula is C14H14N2O3. The fourth-order valence-electron chi connectivity index (χ4n) is 1.79. The summed E-state index contributed by atoms with van der Waals surface area (Å²) in [5.74, 6) is -1.15. The van der Waals surface area contributed by atoms with Crippen molar-refractivity contribution in [1.29, 1.82) is 0 Å². The van der Waals surface area contributed by atoms with Gasteiger partial charge in [-0.3, -0.25) is 0 Å². The third kappa shape index (κ3) is 3.28. The predicted molar refractivity (Wildman–Crippen MR) is 69.5 cm³/mol. The van der Waals surface area contributed by atoms with Crippen molar-refractivity contribution >= 4 is 5.97 Å². The van der Waals surface area contributed by atoms with E-state index in [0.717, 1.165) is 11.1 Å². The lowest BCUT2D eigenvalue weighted by molar-refractivity contribution is 0.0682. The molecule has 0 aliphatic rings. The highest BCUT2D eigenvalue weighted by Crippen LogP contribution is 2.14. The molecule has 2 aromatic rings. The van der Waals surface area contributed by atoms with Crippen LogP contribution in [0.15, 0.2) is 30.3 Å².